The molecule has 0 aromatic carbocycles. The van der Waals surface area contributed by atoms with E-state index in [9.17, 15) is 13.2 Å². The maximum absolute atomic E-state index is 12.7. The summed E-state index contributed by atoms with van der Waals surface area (Å²) in [5, 5.41) is 3.54. The smallest absolute Gasteiger partial charge is 0.337 e. The summed E-state index contributed by atoms with van der Waals surface area (Å²) < 4.78 is 42.7. The van der Waals surface area contributed by atoms with Crippen molar-refractivity contribution >= 4 is 0 Å². The van der Waals surface area contributed by atoms with Crippen LogP contribution in [0.2, 0.25) is 0 Å². The molecule has 1 rings (SSSR count). The maximum Gasteiger partial charge on any atom is 0.415 e. The highest BCUT2D eigenvalue weighted by Gasteiger charge is 2.53. The van der Waals surface area contributed by atoms with Gasteiger partial charge in [-0.05, 0) is 20.0 Å². The molecule has 1 heterocycles. The molecule has 0 amide bonds. The van der Waals surface area contributed by atoms with Crippen LogP contribution in [0.3, 0.4) is 0 Å². The number of likely N-dealkylation sites (N-methyl/N-ethyl adjacent to an activating group) is 1. The SMILES string of the molecule is CCN(CC)CCc1noc(C(C)(N)C(F)(F)F)n1. The number of nitrogens with zero attached hydrogens (tertiary/aromatic N) is 3. The van der Waals surface area contributed by atoms with Gasteiger partial charge < -0.3 is 15.2 Å². The zero-order chi connectivity index (χ0) is 14.7. The van der Waals surface area contributed by atoms with E-state index in [0.717, 1.165) is 20.0 Å². The molecular weight excluding hydrogens is 261 g/mol. The molecule has 1 atom stereocenters. The number of aromatic nitrogens is 2. The molecule has 1 unspecified atom stereocenters. The first-order valence-electron chi connectivity index (χ1n) is 6.13. The Balaban J connectivity index is 2.72. The van der Waals surface area contributed by atoms with Crippen LogP contribution in [0.25, 0.3) is 0 Å². The van der Waals surface area contributed by atoms with Crippen molar-refractivity contribution in [2.45, 2.75) is 38.9 Å². The first kappa shape index (κ1) is 15.9. The second-order valence-corrected chi connectivity index (χ2v) is 4.49. The molecule has 0 saturated carbocycles. The number of hydrogen-bond donors (Lipinski definition) is 1. The Hall–Kier alpha value is -1.15. The van der Waals surface area contributed by atoms with Crippen LogP contribution in [0.1, 0.15) is 32.5 Å². The molecule has 2 N–H and O–H groups in total. The van der Waals surface area contributed by atoms with Gasteiger partial charge in [-0.25, -0.2) is 0 Å². The standard InChI is InChI=1S/C11H19F3N4O/c1-4-18(5-2)7-6-8-16-9(19-17-8)10(3,15)11(12,13)14/h4-7,15H2,1-3H3. The Bertz CT molecular complexity index is 399. The first-order valence-corrected chi connectivity index (χ1v) is 6.13. The Morgan fingerprint density at radius 1 is 1.26 bits per heavy atom. The predicted octanol–water partition coefficient (Wildman–Crippen LogP) is 1.69. The maximum atomic E-state index is 12.7. The van der Waals surface area contributed by atoms with Crippen LogP contribution in [0.4, 0.5) is 13.2 Å². The quantitative estimate of drug-likeness (QED) is 0.858. The minimum Gasteiger partial charge on any atom is -0.337 e. The van der Waals surface area contributed by atoms with Crippen molar-refractivity contribution in [2.24, 2.45) is 5.73 Å². The minimum atomic E-state index is -4.63. The average Bonchev–Trinajstić information content (AvgIpc) is 2.78. The Morgan fingerprint density at radius 3 is 2.32 bits per heavy atom. The van der Waals surface area contributed by atoms with Crippen LogP contribution in [0.5, 0.6) is 0 Å². The van der Waals surface area contributed by atoms with E-state index in [1.807, 2.05) is 13.8 Å². The van der Waals surface area contributed by atoms with Crippen molar-refractivity contribution in [2.75, 3.05) is 19.6 Å². The van der Waals surface area contributed by atoms with Crippen LogP contribution in [-0.2, 0) is 12.0 Å². The van der Waals surface area contributed by atoms with E-state index in [1.165, 1.54) is 0 Å². The Kier molecular flexibility index (Phi) is 4.92. The van der Waals surface area contributed by atoms with E-state index >= 15 is 0 Å². The molecule has 19 heavy (non-hydrogen) atoms. The first-order chi connectivity index (χ1) is 8.72. The predicted molar refractivity (Wildman–Crippen MR) is 63.4 cm³/mol. The van der Waals surface area contributed by atoms with Crippen molar-refractivity contribution in [3.05, 3.63) is 11.7 Å². The second-order valence-electron chi connectivity index (χ2n) is 4.49. The lowest BCUT2D eigenvalue weighted by Gasteiger charge is -2.22. The van der Waals surface area contributed by atoms with Gasteiger partial charge in [-0.15, -0.1) is 0 Å². The van der Waals surface area contributed by atoms with Gasteiger partial charge in [0.05, 0.1) is 0 Å². The van der Waals surface area contributed by atoms with E-state index in [1.54, 1.807) is 0 Å². The van der Waals surface area contributed by atoms with Crippen molar-refractivity contribution < 1.29 is 17.7 Å². The molecular formula is C11H19F3N4O. The third-order valence-corrected chi connectivity index (χ3v) is 3.05. The number of halogens is 3. The number of hydrogen-bond acceptors (Lipinski definition) is 5. The minimum absolute atomic E-state index is 0.239. The van der Waals surface area contributed by atoms with E-state index < -0.39 is 17.6 Å². The number of nitrogens with two attached hydrogens (primary N) is 1. The van der Waals surface area contributed by atoms with Crippen molar-refractivity contribution in [3.63, 3.8) is 0 Å². The summed E-state index contributed by atoms with van der Waals surface area (Å²) >= 11 is 0. The Morgan fingerprint density at radius 2 is 1.84 bits per heavy atom. The van der Waals surface area contributed by atoms with E-state index in [4.69, 9.17) is 5.73 Å². The summed E-state index contributed by atoms with van der Waals surface area (Å²) in [6.45, 7) is 7.21. The molecule has 0 aliphatic carbocycles. The molecule has 110 valence electrons. The molecule has 0 aliphatic rings. The van der Waals surface area contributed by atoms with Gasteiger partial charge in [-0.1, -0.05) is 19.0 Å². The van der Waals surface area contributed by atoms with Crippen molar-refractivity contribution in [1.29, 1.82) is 0 Å². The molecule has 0 bridgehead atoms. The van der Waals surface area contributed by atoms with Gasteiger partial charge in [0, 0.05) is 13.0 Å². The summed E-state index contributed by atoms with van der Waals surface area (Å²) in [7, 11) is 0. The van der Waals surface area contributed by atoms with Gasteiger partial charge in [0.2, 0.25) is 0 Å². The molecule has 1 aromatic rings. The third-order valence-electron chi connectivity index (χ3n) is 3.05. The van der Waals surface area contributed by atoms with Gasteiger partial charge in [0.1, 0.15) is 0 Å². The van der Waals surface area contributed by atoms with Crippen LogP contribution in [0.15, 0.2) is 4.52 Å². The van der Waals surface area contributed by atoms with Crippen LogP contribution >= 0.6 is 0 Å². The highest BCUT2D eigenvalue weighted by molar-refractivity contribution is 5.04. The lowest BCUT2D eigenvalue weighted by molar-refractivity contribution is -0.190. The van der Waals surface area contributed by atoms with Gasteiger partial charge >= 0.3 is 6.18 Å². The fraction of sp³-hybridized carbons (Fsp3) is 0.818. The summed E-state index contributed by atoms with van der Waals surface area (Å²) in [6, 6.07) is 0. The highest BCUT2D eigenvalue weighted by Crippen LogP contribution is 2.35. The average molecular weight is 280 g/mol. The monoisotopic (exact) mass is 280 g/mol. The van der Waals surface area contributed by atoms with Gasteiger partial charge in [-0.3, -0.25) is 0 Å². The van der Waals surface area contributed by atoms with Crippen LogP contribution < -0.4 is 5.73 Å². The highest BCUT2D eigenvalue weighted by atomic mass is 19.4. The van der Waals surface area contributed by atoms with E-state index in [-0.39, 0.29) is 5.82 Å². The molecule has 0 fully saturated rings. The molecule has 1 aromatic heterocycles. The fourth-order valence-corrected chi connectivity index (χ4v) is 1.49. The van der Waals surface area contributed by atoms with Crippen molar-refractivity contribution in [1.82, 2.24) is 15.0 Å². The summed E-state index contributed by atoms with van der Waals surface area (Å²) in [5.74, 6) is -0.364. The fourth-order valence-electron chi connectivity index (χ4n) is 1.49. The summed E-state index contributed by atoms with van der Waals surface area (Å²) in [6.07, 6.45) is -4.20. The molecule has 0 saturated heterocycles. The Labute approximate surface area is 109 Å². The molecule has 5 nitrogen and oxygen atoms in total. The van der Waals surface area contributed by atoms with E-state index in [2.05, 4.69) is 19.6 Å². The van der Waals surface area contributed by atoms with E-state index in [0.29, 0.717) is 13.0 Å². The summed E-state index contributed by atoms with van der Waals surface area (Å²) in [5.41, 5.74) is 2.59. The zero-order valence-corrected chi connectivity index (χ0v) is 11.3. The van der Waals surface area contributed by atoms with Gasteiger partial charge in [0.15, 0.2) is 11.4 Å². The number of rotatable bonds is 6. The van der Waals surface area contributed by atoms with Gasteiger partial charge in [-0.2, -0.15) is 18.2 Å². The summed E-state index contributed by atoms with van der Waals surface area (Å²) in [4.78, 5) is 5.85. The third kappa shape index (κ3) is 3.66. The normalized spacial score (nSPS) is 15.8. The van der Waals surface area contributed by atoms with Crippen LogP contribution in [-0.4, -0.2) is 40.9 Å². The number of alkyl halides is 3. The molecule has 0 spiro atoms. The lowest BCUT2D eigenvalue weighted by Crippen LogP contribution is -2.48. The molecule has 0 aliphatic heterocycles. The van der Waals surface area contributed by atoms with Gasteiger partial charge in [0.25, 0.3) is 5.89 Å². The zero-order valence-electron chi connectivity index (χ0n) is 11.3. The largest absolute Gasteiger partial charge is 0.415 e. The van der Waals surface area contributed by atoms with Crippen molar-refractivity contribution in [3.8, 4) is 0 Å². The second kappa shape index (κ2) is 5.87. The molecule has 0 radical (unpaired) electrons. The van der Waals surface area contributed by atoms with Crippen LogP contribution in [0, 0.1) is 0 Å². The lowest BCUT2D eigenvalue weighted by atomic mass is 10.0. The topological polar surface area (TPSA) is 68.2 Å². The molecule has 8 heteroatoms.